The van der Waals surface area contributed by atoms with Crippen molar-refractivity contribution in [1.29, 1.82) is 0 Å². The molecule has 0 spiro atoms. The second kappa shape index (κ2) is 13.9. The van der Waals surface area contributed by atoms with Crippen LogP contribution in [0.4, 0.5) is 0 Å². The van der Waals surface area contributed by atoms with Crippen molar-refractivity contribution in [2.75, 3.05) is 5.79 Å². The second-order valence-electron chi connectivity index (χ2n) is 14.7. The van der Waals surface area contributed by atoms with E-state index in [1.165, 1.54) is 5.79 Å². The van der Waals surface area contributed by atoms with Crippen LogP contribution < -0.4 is 18.9 Å². The molecule has 0 fully saturated rings. The summed E-state index contributed by atoms with van der Waals surface area (Å²) in [5.74, 6) is 1.51. The van der Waals surface area contributed by atoms with Crippen molar-refractivity contribution in [2.45, 2.75) is 143 Å². The fourth-order valence-electron chi connectivity index (χ4n) is 2.96. The Morgan fingerprint density at radius 3 is 0.833 bits per heavy atom. The zero-order chi connectivity index (χ0) is 24.9. The predicted octanol–water partition coefficient (Wildman–Crippen LogP) is 7.86. The maximum atomic E-state index is 6.30. The van der Waals surface area contributed by atoms with E-state index >= 15 is 0 Å². The van der Waals surface area contributed by atoms with Gasteiger partial charge in [0.05, 0.1) is 0 Å². The van der Waals surface area contributed by atoms with Crippen molar-refractivity contribution >= 4 is 42.6 Å². The van der Waals surface area contributed by atoms with E-state index in [1.807, 2.05) is 0 Å². The van der Waals surface area contributed by atoms with E-state index < -0.39 is 23.4 Å². The summed E-state index contributed by atoms with van der Waals surface area (Å²) in [4.78, 5) is 0. The Kier molecular flexibility index (Phi) is 18.3. The molecule has 0 aromatic heterocycles. The van der Waals surface area contributed by atoms with E-state index in [4.69, 9.17) is 11.2 Å². The van der Waals surface area contributed by atoms with Crippen LogP contribution in [0.25, 0.3) is 0 Å². The van der Waals surface area contributed by atoms with Gasteiger partial charge < -0.3 is 6.55 Å². The third kappa shape index (κ3) is 26.4. The van der Waals surface area contributed by atoms with Gasteiger partial charge in [0.2, 0.25) is 0 Å². The Balaban J connectivity index is -0.000000185. The number of halogens is 1. The minimum Gasteiger partial charge on any atom is -0.342 e. The van der Waals surface area contributed by atoms with Gasteiger partial charge in [0, 0.05) is 15.3 Å². The molecule has 0 aliphatic heterocycles. The van der Waals surface area contributed by atoms with E-state index in [9.17, 15) is 0 Å². The summed E-state index contributed by atoms with van der Waals surface area (Å²) in [6, 6.07) is 0. The summed E-state index contributed by atoms with van der Waals surface area (Å²) in [7, 11) is -2.03. The molecule has 30 heavy (non-hydrogen) atoms. The fourth-order valence-corrected chi connectivity index (χ4v) is 14.6. The minimum atomic E-state index is -0.911. The standard InChI is InChI=1S/C12H29PSi.C8H18ClP.C4H11Si.Li/c1-11(2,3)13(12(4,5)6)10-14(7,8)9;1-7(2,3)10(9)8(4,5)6;1-5(2,3)4;/h10H2,1-9H3;1-6H3;1H2,2-4H3;/q;;-1;+1. The van der Waals surface area contributed by atoms with Crippen LogP contribution in [0.2, 0.25) is 39.3 Å². The maximum Gasteiger partial charge on any atom is 1.00 e. The van der Waals surface area contributed by atoms with Gasteiger partial charge in [0.25, 0.3) is 0 Å². The minimum absolute atomic E-state index is 0. The normalized spacial score (nSPS) is 13.8. The summed E-state index contributed by atoms with van der Waals surface area (Å²) in [6.45, 7) is 45.8. The smallest absolute Gasteiger partial charge is 0.342 e. The summed E-state index contributed by atoms with van der Waals surface area (Å²) in [5.41, 5.74) is 0. The largest absolute Gasteiger partial charge is 1.00 e. The van der Waals surface area contributed by atoms with Gasteiger partial charge in [0.1, 0.15) is 0 Å². The zero-order valence-corrected chi connectivity index (χ0v) is 29.2. The Labute approximate surface area is 215 Å². The van der Waals surface area contributed by atoms with Crippen LogP contribution in [0.15, 0.2) is 0 Å². The van der Waals surface area contributed by atoms with Crippen molar-refractivity contribution in [3.8, 4) is 0 Å². The molecular weight excluding hydrogens is 449 g/mol. The number of hydrogen-bond donors (Lipinski definition) is 0. The first-order chi connectivity index (χ1) is 12.0. The van der Waals surface area contributed by atoms with Crippen LogP contribution in [0.3, 0.4) is 0 Å². The first-order valence-corrected chi connectivity index (χ1v) is 22.3. The molecule has 0 aromatic carbocycles. The van der Waals surface area contributed by atoms with Gasteiger partial charge in [-0.05, 0) is 26.4 Å². The zero-order valence-electron chi connectivity index (χ0n) is 24.7. The molecule has 0 saturated heterocycles. The van der Waals surface area contributed by atoms with Crippen LogP contribution in [-0.2, 0) is 0 Å². The molecule has 0 atom stereocenters. The third-order valence-electron chi connectivity index (χ3n) is 3.43. The van der Waals surface area contributed by atoms with Gasteiger partial charge in [-0.25, -0.2) is 0 Å². The van der Waals surface area contributed by atoms with E-state index in [0.717, 1.165) is 0 Å². The molecular formula is C24H58ClLiP2Si2. The summed E-state index contributed by atoms with van der Waals surface area (Å²) >= 11 is 6.30. The van der Waals surface area contributed by atoms with Crippen molar-refractivity contribution in [2.24, 2.45) is 0 Å². The van der Waals surface area contributed by atoms with Crippen LogP contribution in [0.1, 0.15) is 83.1 Å². The molecule has 0 N–H and O–H groups in total. The monoisotopic (exact) mass is 506 g/mol. The SMILES string of the molecule is CC(C)(C)P(C[Si](C)(C)C)C(C)(C)C.CC(C)(C)P(Cl)C(C)(C)C.[CH2-][Si](C)(C)C.[Li+]. The molecule has 0 aliphatic carbocycles. The van der Waals surface area contributed by atoms with E-state index in [1.54, 1.807) is 0 Å². The van der Waals surface area contributed by atoms with Crippen LogP contribution in [-0.4, -0.2) is 42.6 Å². The molecule has 6 heteroatoms. The Morgan fingerprint density at radius 2 is 0.800 bits per heavy atom. The van der Waals surface area contributed by atoms with Crippen LogP contribution in [0.5, 0.6) is 0 Å². The molecule has 0 aliphatic rings. The molecule has 0 aromatic rings. The van der Waals surface area contributed by atoms with Gasteiger partial charge in [-0.3, -0.25) is 0 Å². The molecule has 0 saturated carbocycles. The molecule has 0 rings (SSSR count). The summed E-state index contributed by atoms with van der Waals surface area (Å²) in [6.07, 6.45) is 0. The Morgan fingerprint density at radius 1 is 0.600 bits per heavy atom. The predicted molar refractivity (Wildman–Crippen MR) is 156 cm³/mol. The summed E-state index contributed by atoms with van der Waals surface area (Å²) < 4.78 is 0. The molecule has 0 radical (unpaired) electrons. The molecule has 0 heterocycles. The maximum absolute atomic E-state index is 6.30. The Hall–Kier alpha value is 2.18. The van der Waals surface area contributed by atoms with E-state index in [0.29, 0.717) is 10.3 Å². The third-order valence-corrected chi connectivity index (χ3v) is 17.1. The topological polar surface area (TPSA) is 0 Å². The van der Waals surface area contributed by atoms with E-state index in [2.05, 4.69) is 129 Å². The van der Waals surface area contributed by atoms with Gasteiger partial charge in [-0.2, -0.15) is 0 Å². The average Bonchev–Trinajstić information content (AvgIpc) is 2.27. The first kappa shape index (κ1) is 39.4. The van der Waals surface area contributed by atoms with Crippen molar-refractivity contribution < 1.29 is 18.9 Å². The van der Waals surface area contributed by atoms with Gasteiger partial charge in [0.15, 0.2) is 0 Å². The van der Waals surface area contributed by atoms with Crippen molar-refractivity contribution in [3.05, 3.63) is 6.55 Å². The van der Waals surface area contributed by atoms with Crippen molar-refractivity contribution in [3.63, 3.8) is 0 Å². The van der Waals surface area contributed by atoms with Gasteiger partial charge in [-0.15, -0.1) is 8.07 Å². The summed E-state index contributed by atoms with van der Waals surface area (Å²) in [5, 5.41) is 1.56. The Bertz CT molecular complexity index is 409. The number of hydrogen-bond acceptors (Lipinski definition) is 0. The van der Waals surface area contributed by atoms with Gasteiger partial charge >= 0.3 is 18.9 Å². The average molecular weight is 507 g/mol. The molecule has 0 unspecified atom stereocenters. The van der Waals surface area contributed by atoms with Gasteiger partial charge in [-0.1, -0.05) is 142 Å². The number of rotatable bonds is 2. The molecule has 0 bridgehead atoms. The molecule has 180 valence electrons. The first-order valence-electron chi connectivity index (χ1n) is 11.1. The van der Waals surface area contributed by atoms with E-state index in [-0.39, 0.29) is 37.1 Å². The van der Waals surface area contributed by atoms with Crippen molar-refractivity contribution in [1.82, 2.24) is 0 Å². The quantitative estimate of drug-likeness (QED) is 0.203. The molecule has 0 nitrogen and oxygen atoms in total. The van der Waals surface area contributed by atoms with Crippen LogP contribution in [0, 0.1) is 6.55 Å². The van der Waals surface area contributed by atoms with Crippen LogP contribution >= 0.6 is 26.4 Å². The molecule has 0 amide bonds. The fraction of sp³-hybridized carbons (Fsp3) is 0.958. The second-order valence-corrected chi connectivity index (χ2v) is 34.0.